The lowest BCUT2D eigenvalue weighted by atomic mass is 10.2. The van der Waals surface area contributed by atoms with Crippen molar-refractivity contribution in [1.82, 2.24) is 14.9 Å². The van der Waals surface area contributed by atoms with Gasteiger partial charge in [-0.25, -0.2) is 9.97 Å². The molecule has 1 saturated heterocycles. The van der Waals surface area contributed by atoms with E-state index in [-0.39, 0.29) is 11.7 Å². The topological polar surface area (TPSA) is 111 Å². The average Bonchev–Trinajstić information content (AvgIpc) is 2.65. The van der Waals surface area contributed by atoms with Crippen molar-refractivity contribution in [2.24, 2.45) is 0 Å². The molecule has 0 saturated carbocycles. The summed E-state index contributed by atoms with van der Waals surface area (Å²) in [6.07, 6.45) is 0. The Kier molecular flexibility index (Phi) is 5.67. The molecular formula is C17H22N6O2S. The summed E-state index contributed by atoms with van der Waals surface area (Å²) in [5, 5.41) is 0.424. The number of carbonyl (C=O) groups is 1. The standard InChI is InChI=1S/C17H22N6O2S/c1-25-13-4-2-12(3-5-13)22-6-8-23(9-7-22)16(24)11-26-17-20-14(18)10-15(19)21-17/h2-5,10H,6-9,11H2,1H3,(H4,18,19,20,21). The number of nitrogen functional groups attached to an aromatic ring is 2. The molecule has 1 aromatic carbocycles. The molecule has 2 aromatic rings. The van der Waals surface area contributed by atoms with Gasteiger partial charge >= 0.3 is 0 Å². The van der Waals surface area contributed by atoms with Crippen LogP contribution in [0.15, 0.2) is 35.5 Å². The second-order valence-corrected chi connectivity index (χ2v) is 6.80. The Bertz CT molecular complexity index is 742. The molecule has 0 spiro atoms. The van der Waals surface area contributed by atoms with Crippen LogP contribution in [0.3, 0.4) is 0 Å². The monoisotopic (exact) mass is 374 g/mol. The van der Waals surface area contributed by atoms with Gasteiger partial charge in [-0.05, 0) is 24.3 Å². The third kappa shape index (κ3) is 4.48. The molecule has 1 aromatic heterocycles. The zero-order valence-electron chi connectivity index (χ0n) is 14.6. The first-order valence-corrected chi connectivity index (χ1v) is 9.23. The van der Waals surface area contributed by atoms with Crippen LogP contribution < -0.4 is 21.1 Å². The Morgan fingerprint density at radius 3 is 2.31 bits per heavy atom. The molecular weight excluding hydrogens is 352 g/mol. The van der Waals surface area contributed by atoms with Gasteiger partial charge < -0.3 is 26.0 Å². The Morgan fingerprint density at radius 2 is 1.73 bits per heavy atom. The lowest BCUT2D eigenvalue weighted by molar-refractivity contribution is -0.128. The average molecular weight is 374 g/mol. The number of rotatable bonds is 5. The van der Waals surface area contributed by atoms with Crippen molar-refractivity contribution < 1.29 is 9.53 Å². The van der Waals surface area contributed by atoms with Crippen molar-refractivity contribution in [3.63, 3.8) is 0 Å². The second-order valence-electron chi connectivity index (χ2n) is 5.85. The number of piperazine rings is 1. The van der Waals surface area contributed by atoms with Gasteiger partial charge in [-0.1, -0.05) is 11.8 Å². The van der Waals surface area contributed by atoms with E-state index in [0.29, 0.717) is 29.9 Å². The van der Waals surface area contributed by atoms with Gasteiger partial charge in [0, 0.05) is 37.9 Å². The van der Waals surface area contributed by atoms with Crippen LogP contribution in [0.4, 0.5) is 17.3 Å². The van der Waals surface area contributed by atoms with E-state index in [1.54, 1.807) is 7.11 Å². The summed E-state index contributed by atoms with van der Waals surface area (Å²) in [4.78, 5) is 24.7. The number of amides is 1. The van der Waals surface area contributed by atoms with Crippen LogP contribution >= 0.6 is 11.8 Å². The molecule has 26 heavy (non-hydrogen) atoms. The van der Waals surface area contributed by atoms with Crippen LogP contribution in [0, 0.1) is 0 Å². The summed E-state index contributed by atoms with van der Waals surface area (Å²) >= 11 is 1.25. The van der Waals surface area contributed by atoms with E-state index in [1.807, 2.05) is 29.2 Å². The predicted octanol–water partition coefficient (Wildman–Crippen LogP) is 1.09. The fourth-order valence-corrected chi connectivity index (χ4v) is 3.53. The molecule has 138 valence electrons. The van der Waals surface area contributed by atoms with Crippen molar-refractivity contribution in [2.45, 2.75) is 5.16 Å². The number of nitrogens with zero attached hydrogens (tertiary/aromatic N) is 4. The molecule has 1 aliphatic rings. The quantitative estimate of drug-likeness (QED) is 0.591. The summed E-state index contributed by atoms with van der Waals surface area (Å²) in [6, 6.07) is 9.45. The van der Waals surface area contributed by atoms with Crippen LogP contribution in [-0.4, -0.2) is 59.8 Å². The molecule has 0 bridgehead atoms. The number of nitrogens with two attached hydrogens (primary N) is 2. The molecule has 9 heteroatoms. The summed E-state index contributed by atoms with van der Waals surface area (Å²) in [5.41, 5.74) is 12.4. The molecule has 1 amide bonds. The van der Waals surface area contributed by atoms with Gasteiger partial charge in [0.05, 0.1) is 12.9 Å². The third-order valence-electron chi connectivity index (χ3n) is 4.14. The van der Waals surface area contributed by atoms with E-state index in [9.17, 15) is 4.79 Å². The number of ether oxygens (including phenoxy) is 1. The second kappa shape index (κ2) is 8.13. The van der Waals surface area contributed by atoms with Crippen LogP contribution in [-0.2, 0) is 4.79 Å². The van der Waals surface area contributed by atoms with Gasteiger partial charge in [0.1, 0.15) is 17.4 Å². The van der Waals surface area contributed by atoms with Crippen molar-refractivity contribution in [1.29, 1.82) is 0 Å². The third-order valence-corrected chi connectivity index (χ3v) is 4.97. The van der Waals surface area contributed by atoms with Crippen molar-refractivity contribution in [3.05, 3.63) is 30.3 Å². The highest BCUT2D eigenvalue weighted by molar-refractivity contribution is 7.99. The van der Waals surface area contributed by atoms with Crippen molar-refractivity contribution in [3.8, 4) is 5.75 Å². The van der Waals surface area contributed by atoms with Gasteiger partial charge in [-0.3, -0.25) is 4.79 Å². The largest absolute Gasteiger partial charge is 0.497 e. The zero-order chi connectivity index (χ0) is 18.5. The smallest absolute Gasteiger partial charge is 0.233 e. The lowest BCUT2D eigenvalue weighted by Crippen LogP contribution is -2.49. The maximum Gasteiger partial charge on any atom is 0.233 e. The Hall–Kier alpha value is -2.68. The first-order chi connectivity index (χ1) is 12.5. The minimum absolute atomic E-state index is 0.0639. The molecule has 2 heterocycles. The van der Waals surface area contributed by atoms with Gasteiger partial charge in [0.2, 0.25) is 5.91 Å². The SMILES string of the molecule is COc1ccc(N2CCN(C(=O)CSc3nc(N)cc(N)n3)CC2)cc1. The first-order valence-electron chi connectivity index (χ1n) is 8.25. The fourth-order valence-electron chi connectivity index (χ4n) is 2.75. The fraction of sp³-hybridized carbons (Fsp3) is 0.353. The van der Waals surface area contributed by atoms with Gasteiger partial charge in [0.15, 0.2) is 5.16 Å². The number of anilines is 3. The van der Waals surface area contributed by atoms with Crippen molar-refractivity contribution in [2.75, 3.05) is 55.4 Å². The number of thioether (sulfide) groups is 1. The maximum atomic E-state index is 12.4. The molecule has 4 N–H and O–H groups in total. The minimum atomic E-state index is 0.0639. The number of carbonyl (C=O) groups excluding carboxylic acids is 1. The van der Waals surface area contributed by atoms with E-state index in [0.717, 1.165) is 24.5 Å². The Morgan fingerprint density at radius 1 is 1.12 bits per heavy atom. The summed E-state index contributed by atoms with van der Waals surface area (Å²) < 4.78 is 5.18. The molecule has 0 atom stereocenters. The Balaban J connectivity index is 1.49. The van der Waals surface area contributed by atoms with Gasteiger partial charge in [-0.2, -0.15) is 0 Å². The number of hydrogen-bond acceptors (Lipinski definition) is 8. The minimum Gasteiger partial charge on any atom is -0.497 e. The van der Waals surface area contributed by atoms with E-state index in [4.69, 9.17) is 16.2 Å². The molecule has 0 aliphatic carbocycles. The first kappa shape index (κ1) is 18.1. The van der Waals surface area contributed by atoms with Crippen LogP contribution in [0.5, 0.6) is 5.75 Å². The van der Waals surface area contributed by atoms with Gasteiger partial charge in [-0.15, -0.1) is 0 Å². The van der Waals surface area contributed by atoms with Crippen LogP contribution in [0.2, 0.25) is 0 Å². The summed E-state index contributed by atoms with van der Waals surface area (Å²) in [5.74, 6) is 1.78. The lowest BCUT2D eigenvalue weighted by Gasteiger charge is -2.36. The van der Waals surface area contributed by atoms with Crippen LogP contribution in [0.25, 0.3) is 0 Å². The molecule has 1 fully saturated rings. The maximum absolute atomic E-state index is 12.4. The molecule has 0 unspecified atom stereocenters. The molecule has 0 radical (unpaired) electrons. The predicted molar refractivity (Wildman–Crippen MR) is 103 cm³/mol. The highest BCUT2D eigenvalue weighted by Crippen LogP contribution is 2.21. The Labute approximate surface area is 156 Å². The van der Waals surface area contributed by atoms with E-state index in [1.165, 1.54) is 17.8 Å². The number of methoxy groups -OCH3 is 1. The van der Waals surface area contributed by atoms with Crippen molar-refractivity contribution >= 4 is 35.0 Å². The number of hydrogen-bond donors (Lipinski definition) is 2. The molecule has 3 rings (SSSR count). The van der Waals surface area contributed by atoms with E-state index >= 15 is 0 Å². The number of benzene rings is 1. The molecule has 8 nitrogen and oxygen atoms in total. The zero-order valence-corrected chi connectivity index (χ0v) is 15.4. The summed E-state index contributed by atoms with van der Waals surface area (Å²) in [7, 11) is 1.65. The van der Waals surface area contributed by atoms with E-state index < -0.39 is 0 Å². The van der Waals surface area contributed by atoms with Gasteiger partial charge in [0.25, 0.3) is 0 Å². The highest BCUT2D eigenvalue weighted by Gasteiger charge is 2.21. The molecule has 1 aliphatic heterocycles. The van der Waals surface area contributed by atoms with E-state index in [2.05, 4.69) is 14.9 Å². The van der Waals surface area contributed by atoms with Crippen LogP contribution in [0.1, 0.15) is 0 Å². The summed E-state index contributed by atoms with van der Waals surface area (Å²) in [6.45, 7) is 2.96. The normalized spacial score (nSPS) is 14.3. The number of aromatic nitrogens is 2. The highest BCUT2D eigenvalue weighted by atomic mass is 32.2.